The van der Waals surface area contributed by atoms with Gasteiger partial charge in [0.1, 0.15) is 23.4 Å². The van der Waals surface area contributed by atoms with E-state index in [1.54, 1.807) is 6.33 Å². The molecule has 6 heteroatoms. The summed E-state index contributed by atoms with van der Waals surface area (Å²) in [7, 11) is 0. The van der Waals surface area contributed by atoms with Gasteiger partial charge in [-0.1, -0.05) is 31.5 Å². The molecule has 0 spiro atoms. The third-order valence-electron chi connectivity index (χ3n) is 5.48. The molecule has 24 heavy (non-hydrogen) atoms. The predicted molar refractivity (Wildman–Crippen MR) is 93.3 cm³/mol. The van der Waals surface area contributed by atoms with Crippen LogP contribution in [-0.4, -0.2) is 40.5 Å². The van der Waals surface area contributed by atoms with E-state index in [2.05, 4.69) is 35.3 Å². The normalized spacial score (nSPS) is 35.8. The lowest BCUT2D eigenvalue weighted by Crippen LogP contribution is -2.44. The molecule has 4 atom stereocenters. The second kappa shape index (κ2) is 5.16. The highest BCUT2D eigenvalue weighted by Crippen LogP contribution is 2.49. The lowest BCUT2D eigenvalue weighted by molar-refractivity contribution is -0.156. The van der Waals surface area contributed by atoms with Gasteiger partial charge < -0.3 is 14.4 Å². The smallest absolute Gasteiger partial charge is 0.163 e. The van der Waals surface area contributed by atoms with Crippen molar-refractivity contribution < 1.29 is 9.47 Å². The van der Waals surface area contributed by atoms with Crippen LogP contribution in [0.2, 0.25) is 5.15 Å². The summed E-state index contributed by atoms with van der Waals surface area (Å²) < 4.78 is 12.4. The van der Waals surface area contributed by atoms with Gasteiger partial charge in [-0.2, -0.15) is 0 Å². The van der Waals surface area contributed by atoms with Gasteiger partial charge in [0, 0.05) is 23.4 Å². The summed E-state index contributed by atoms with van der Waals surface area (Å²) in [5.41, 5.74) is 0.938. The molecule has 0 aromatic carbocycles. The topological polar surface area (TPSA) is 47.5 Å². The van der Waals surface area contributed by atoms with Crippen LogP contribution >= 0.6 is 11.6 Å². The van der Waals surface area contributed by atoms with Crippen LogP contribution in [0.5, 0.6) is 0 Å². The molecular formula is C18H24ClN3O2. The maximum absolute atomic E-state index is 6.39. The van der Waals surface area contributed by atoms with Gasteiger partial charge in [0.05, 0.1) is 12.1 Å². The Bertz CT molecular complexity index is 691. The molecule has 2 aliphatic heterocycles. The highest BCUT2D eigenvalue weighted by atomic mass is 35.5. The standard InChI is InChI=1S/C18H24ClN3O2/c1-6-10-7-11(14-13(10)23-18(4,5)24-14)22-8-17(2,3)12-15(19)20-9-21-16(12)22/h6,9-11,13-14H,1,7-8H2,2-5H3/t10-,11+,13+,14-/m0/s1. The maximum atomic E-state index is 6.39. The minimum atomic E-state index is -0.559. The number of ether oxygens (including phenoxy) is 2. The lowest BCUT2D eigenvalue weighted by atomic mass is 9.89. The monoisotopic (exact) mass is 349 g/mol. The number of hydrogen-bond donors (Lipinski definition) is 0. The number of fused-ring (bicyclic) bond motifs is 2. The van der Waals surface area contributed by atoms with Crippen LogP contribution in [0.15, 0.2) is 19.0 Å². The van der Waals surface area contributed by atoms with E-state index in [-0.39, 0.29) is 29.6 Å². The van der Waals surface area contributed by atoms with Crippen molar-refractivity contribution in [3.8, 4) is 0 Å². The largest absolute Gasteiger partial charge is 0.350 e. The Balaban J connectivity index is 1.73. The average molecular weight is 350 g/mol. The predicted octanol–water partition coefficient (Wildman–Crippen LogP) is 3.32. The molecule has 1 aliphatic carbocycles. The number of anilines is 1. The van der Waals surface area contributed by atoms with Gasteiger partial charge in [-0.25, -0.2) is 9.97 Å². The zero-order chi connectivity index (χ0) is 17.3. The Hall–Kier alpha value is -1.17. The fourth-order valence-corrected chi connectivity index (χ4v) is 4.92. The zero-order valence-electron chi connectivity index (χ0n) is 14.6. The first-order chi connectivity index (χ1) is 11.2. The van der Waals surface area contributed by atoms with Crippen LogP contribution in [0.4, 0.5) is 5.82 Å². The van der Waals surface area contributed by atoms with Gasteiger partial charge in [0.2, 0.25) is 0 Å². The molecule has 0 radical (unpaired) electrons. The fraction of sp³-hybridized carbons (Fsp3) is 0.667. The molecule has 1 aromatic heterocycles. The van der Waals surface area contributed by atoms with Crippen molar-refractivity contribution in [3.63, 3.8) is 0 Å². The first-order valence-electron chi connectivity index (χ1n) is 8.49. The second-order valence-electron chi connectivity index (χ2n) is 8.14. The molecular weight excluding hydrogens is 326 g/mol. The Morgan fingerprint density at radius 2 is 1.96 bits per heavy atom. The third-order valence-corrected chi connectivity index (χ3v) is 5.76. The number of hydrogen-bond acceptors (Lipinski definition) is 5. The Morgan fingerprint density at radius 3 is 2.67 bits per heavy atom. The van der Waals surface area contributed by atoms with Crippen LogP contribution in [0.1, 0.15) is 39.7 Å². The van der Waals surface area contributed by atoms with Crippen molar-refractivity contribution in [2.24, 2.45) is 5.92 Å². The quantitative estimate of drug-likeness (QED) is 0.605. The van der Waals surface area contributed by atoms with Crippen LogP contribution in [-0.2, 0) is 14.9 Å². The van der Waals surface area contributed by atoms with Gasteiger partial charge in [-0.05, 0) is 20.3 Å². The molecule has 0 bridgehead atoms. The lowest BCUT2D eigenvalue weighted by Gasteiger charge is -2.32. The van der Waals surface area contributed by atoms with Gasteiger partial charge in [-0.15, -0.1) is 6.58 Å². The third kappa shape index (κ3) is 2.29. The number of halogens is 1. The highest BCUT2D eigenvalue weighted by molar-refractivity contribution is 6.30. The van der Waals surface area contributed by atoms with Crippen LogP contribution in [0, 0.1) is 5.92 Å². The van der Waals surface area contributed by atoms with Crippen molar-refractivity contribution in [3.05, 3.63) is 29.7 Å². The van der Waals surface area contributed by atoms with E-state index in [1.165, 1.54) is 0 Å². The first-order valence-corrected chi connectivity index (χ1v) is 8.87. The summed E-state index contributed by atoms with van der Waals surface area (Å²) in [6.45, 7) is 13.2. The molecule has 4 rings (SSSR count). The van der Waals surface area contributed by atoms with Crippen LogP contribution in [0.3, 0.4) is 0 Å². The van der Waals surface area contributed by atoms with E-state index in [1.807, 2.05) is 19.9 Å². The summed E-state index contributed by atoms with van der Waals surface area (Å²) in [6, 6.07) is 0.200. The molecule has 0 unspecified atom stereocenters. The van der Waals surface area contributed by atoms with Gasteiger partial charge in [0.25, 0.3) is 0 Å². The van der Waals surface area contributed by atoms with Crippen molar-refractivity contribution in [2.75, 3.05) is 11.4 Å². The SMILES string of the molecule is C=C[C@H]1C[C@@H](N2CC(C)(C)c3c(Cl)ncnc32)[C@@H]2OC(C)(C)O[C@@H]21. The Kier molecular flexibility index (Phi) is 3.51. The molecule has 1 saturated carbocycles. The first kappa shape index (κ1) is 16.3. The number of aromatic nitrogens is 2. The van der Waals surface area contributed by atoms with Crippen molar-refractivity contribution in [1.29, 1.82) is 0 Å². The molecule has 1 saturated heterocycles. The van der Waals surface area contributed by atoms with E-state index in [0.717, 1.165) is 24.3 Å². The second-order valence-corrected chi connectivity index (χ2v) is 8.50. The van der Waals surface area contributed by atoms with Crippen LogP contribution < -0.4 is 4.90 Å². The van der Waals surface area contributed by atoms with E-state index in [9.17, 15) is 0 Å². The van der Waals surface area contributed by atoms with E-state index < -0.39 is 5.79 Å². The molecule has 5 nitrogen and oxygen atoms in total. The number of nitrogens with zero attached hydrogens (tertiary/aromatic N) is 3. The van der Waals surface area contributed by atoms with Crippen molar-refractivity contribution in [2.45, 2.75) is 63.6 Å². The minimum Gasteiger partial charge on any atom is -0.350 e. The van der Waals surface area contributed by atoms with Gasteiger partial charge in [-0.3, -0.25) is 0 Å². The zero-order valence-corrected chi connectivity index (χ0v) is 15.4. The summed E-state index contributed by atoms with van der Waals surface area (Å²) in [6.07, 6.45) is 4.55. The highest BCUT2D eigenvalue weighted by Gasteiger charge is 2.56. The molecule has 3 aliphatic rings. The fourth-order valence-electron chi connectivity index (χ4n) is 4.54. The van der Waals surface area contributed by atoms with Gasteiger partial charge in [0.15, 0.2) is 5.79 Å². The molecule has 0 N–H and O–H groups in total. The minimum absolute atomic E-state index is 0.0125. The number of rotatable bonds is 2. The summed E-state index contributed by atoms with van der Waals surface area (Å²) in [5.74, 6) is 0.657. The summed E-state index contributed by atoms with van der Waals surface area (Å²) >= 11 is 6.39. The maximum Gasteiger partial charge on any atom is 0.163 e. The van der Waals surface area contributed by atoms with Crippen LogP contribution in [0.25, 0.3) is 0 Å². The molecule has 130 valence electrons. The molecule has 3 heterocycles. The Labute approximate surface area is 148 Å². The van der Waals surface area contributed by atoms with Crippen molar-refractivity contribution in [1.82, 2.24) is 9.97 Å². The molecule has 0 amide bonds. The van der Waals surface area contributed by atoms with Gasteiger partial charge >= 0.3 is 0 Å². The van der Waals surface area contributed by atoms with E-state index in [4.69, 9.17) is 21.1 Å². The van der Waals surface area contributed by atoms with E-state index in [0.29, 0.717) is 5.15 Å². The van der Waals surface area contributed by atoms with Crippen molar-refractivity contribution >= 4 is 17.4 Å². The molecule has 1 aromatic rings. The Morgan fingerprint density at radius 1 is 1.25 bits per heavy atom. The summed E-state index contributed by atoms with van der Waals surface area (Å²) in [5, 5.41) is 0.547. The molecule has 2 fully saturated rings. The van der Waals surface area contributed by atoms with E-state index >= 15 is 0 Å². The average Bonchev–Trinajstić information content (AvgIpc) is 3.06. The summed E-state index contributed by atoms with van der Waals surface area (Å²) in [4.78, 5) is 11.1.